The van der Waals surface area contributed by atoms with Crippen LogP contribution in [0.2, 0.25) is 0 Å². The van der Waals surface area contributed by atoms with Gasteiger partial charge in [0.2, 0.25) is 5.89 Å². The van der Waals surface area contributed by atoms with Crippen molar-refractivity contribution >= 4 is 5.91 Å². The minimum Gasteiger partial charge on any atom is -0.376 e. The van der Waals surface area contributed by atoms with Crippen molar-refractivity contribution in [1.29, 1.82) is 0 Å². The van der Waals surface area contributed by atoms with Gasteiger partial charge in [0.15, 0.2) is 11.5 Å². The summed E-state index contributed by atoms with van der Waals surface area (Å²) in [7, 11) is 0. The number of piperidine rings is 1. The molecule has 3 rings (SSSR count). The number of likely N-dealkylation sites (tertiary alicyclic amines) is 1. The van der Waals surface area contributed by atoms with E-state index in [9.17, 15) is 4.79 Å². The molecule has 1 aliphatic rings. The van der Waals surface area contributed by atoms with Gasteiger partial charge in [-0.05, 0) is 19.8 Å². The largest absolute Gasteiger partial charge is 0.376 e. The zero-order valence-corrected chi connectivity index (χ0v) is 13.3. The maximum atomic E-state index is 12.4. The minimum atomic E-state index is -0.107. The number of rotatable bonds is 5. The fourth-order valence-corrected chi connectivity index (χ4v) is 2.65. The van der Waals surface area contributed by atoms with Crippen LogP contribution >= 0.6 is 0 Å². The Balaban J connectivity index is 1.49. The van der Waals surface area contributed by atoms with E-state index < -0.39 is 0 Å². The number of ether oxygens (including phenoxy) is 1. The van der Waals surface area contributed by atoms with Crippen molar-refractivity contribution in [3.05, 3.63) is 29.2 Å². The molecule has 2 aromatic heterocycles. The minimum absolute atomic E-state index is 0.0219. The van der Waals surface area contributed by atoms with Gasteiger partial charge in [-0.2, -0.15) is 4.98 Å². The second kappa shape index (κ2) is 6.91. The molecule has 0 N–H and O–H groups in total. The highest BCUT2D eigenvalue weighted by atomic mass is 16.5. The topological polar surface area (TPSA) is 94.5 Å². The normalized spacial score (nSPS) is 18.3. The number of carbonyl (C=O) groups excluding carboxylic acids is 1. The molecule has 1 aliphatic heterocycles. The van der Waals surface area contributed by atoms with Crippen molar-refractivity contribution in [3.8, 4) is 0 Å². The van der Waals surface area contributed by atoms with Gasteiger partial charge in [-0.25, -0.2) is 0 Å². The third-order valence-corrected chi connectivity index (χ3v) is 3.76. The van der Waals surface area contributed by atoms with E-state index in [1.807, 2.05) is 0 Å². The molecular formula is C15H20N4O4. The van der Waals surface area contributed by atoms with Crippen LogP contribution in [0.25, 0.3) is 0 Å². The Morgan fingerprint density at radius 1 is 1.39 bits per heavy atom. The Kier molecular flexibility index (Phi) is 4.71. The molecule has 1 fully saturated rings. The average molecular weight is 320 g/mol. The maximum absolute atomic E-state index is 12.4. The molecule has 0 aromatic carbocycles. The summed E-state index contributed by atoms with van der Waals surface area (Å²) in [6.45, 7) is 5.32. The highest BCUT2D eigenvalue weighted by molar-refractivity contribution is 5.92. The van der Waals surface area contributed by atoms with Crippen LogP contribution in [0, 0.1) is 13.8 Å². The Hall–Kier alpha value is -2.22. The molecule has 8 heteroatoms. The smallest absolute Gasteiger partial charge is 0.276 e. The molecule has 0 aliphatic carbocycles. The van der Waals surface area contributed by atoms with Crippen molar-refractivity contribution in [3.63, 3.8) is 0 Å². The van der Waals surface area contributed by atoms with Crippen LogP contribution in [0.5, 0.6) is 0 Å². The zero-order valence-electron chi connectivity index (χ0n) is 13.3. The number of aryl methyl sites for hydroxylation is 2. The fraction of sp³-hybridized carbons (Fsp3) is 0.600. The zero-order chi connectivity index (χ0) is 16.2. The standard InChI is InChI=1S/C15H20N4O4/c1-10-8-13(17-22-10)15(20)19-6-3-4-12(9-19)21-7-5-14-16-11(2)23-18-14/h8,12H,3-7,9H2,1-2H3. The van der Waals surface area contributed by atoms with E-state index in [0.717, 1.165) is 12.8 Å². The second-order valence-corrected chi connectivity index (χ2v) is 5.69. The van der Waals surface area contributed by atoms with Crippen LogP contribution in [0.3, 0.4) is 0 Å². The van der Waals surface area contributed by atoms with E-state index in [4.69, 9.17) is 13.8 Å². The molecule has 1 saturated heterocycles. The van der Waals surface area contributed by atoms with E-state index in [1.54, 1.807) is 24.8 Å². The fourth-order valence-electron chi connectivity index (χ4n) is 2.65. The molecule has 0 spiro atoms. The van der Waals surface area contributed by atoms with E-state index >= 15 is 0 Å². The summed E-state index contributed by atoms with van der Waals surface area (Å²) in [5.41, 5.74) is 0.352. The molecule has 1 amide bonds. The van der Waals surface area contributed by atoms with Crippen molar-refractivity contribution in [2.75, 3.05) is 19.7 Å². The highest BCUT2D eigenvalue weighted by Gasteiger charge is 2.26. The summed E-state index contributed by atoms with van der Waals surface area (Å²) in [6, 6.07) is 1.66. The molecule has 23 heavy (non-hydrogen) atoms. The van der Waals surface area contributed by atoms with Crippen LogP contribution < -0.4 is 0 Å². The van der Waals surface area contributed by atoms with Crippen LogP contribution in [-0.2, 0) is 11.2 Å². The first-order valence-electron chi connectivity index (χ1n) is 7.75. The molecule has 8 nitrogen and oxygen atoms in total. The van der Waals surface area contributed by atoms with Crippen molar-refractivity contribution in [2.45, 2.75) is 39.2 Å². The molecule has 124 valence electrons. The number of aromatic nitrogens is 3. The maximum Gasteiger partial charge on any atom is 0.276 e. The Morgan fingerprint density at radius 3 is 2.96 bits per heavy atom. The van der Waals surface area contributed by atoms with Gasteiger partial charge in [0.25, 0.3) is 5.91 Å². The van der Waals surface area contributed by atoms with Crippen molar-refractivity contribution < 1.29 is 18.6 Å². The summed E-state index contributed by atoms with van der Waals surface area (Å²) in [5, 5.41) is 7.62. The van der Waals surface area contributed by atoms with Gasteiger partial charge in [0.05, 0.1) is 12.7 Å². The SMILES string of the molecule is Cc1cc(C(=O)N2CCCC(OCCc3noc(C)n3)C2)no1. The molecule has 0 radical (unpaired) electrons. The monoisotopic (exact) mass is 320 g/mol. The number of nitrogens with zero attached hydrogens (tertiary/aromatic N) is 4. The number of hydrogen-bond donors (Lipinski definition) is 0. The second-order valence-electron chi connectivity index (χ2n) is 5.69. The lowest BCUT2D eigenvalue weighted by atomic mass is 10.1. The first-order valence-corrected chi connectivity index (χ1v) is 7.75. The number of carbonyl (C=O) groups is 1. The van der Waals surface area contributed by atoms with Gasteiger partial charge >= 0.3 is 0 Å². The quantitative estimate of drug-likeness (QED) is 0.824. The average Bonchev–Trinajstić information content (AvgIpc) is 3.15. The first-order chi connectivity index (χ1) is 11.1. The lowest BCUT2D eigenvalue weighted by Gasteiger charge is -2.32. The third-order valence-electron chi connectivity index (χ3n) is 3.76. The Morgan fingerprint density at radius 2 is 2.26 bits per heavy atom. The van der Waals surface area contributed by atoms with E-state index in [1.165, 1.54) is 0 Å². The van der Waals surface area contributed by atoms with Crippen LogP contribution in [0.1, 0.15) is 40.8 Å². The predicted octanol–water partition coefficient (Wildman–Crippen LogP) is 1.54. The molecular weight excluding hydrogens is 300 g/mol. The summed E-state index contributed by atoms with van der Waals surface area (Å²) in [5.74, 6) is 1.72. The summed E-state index contributed by atoms with van der Waals surface area (Å²) in [4.78, 5) is 18.3. The van der Waals surface area contributed by atoms with Crippen molar-refractivity contribution in [1.82, 2.24) is 20.2 Å². The Labute approximate surface area is 133 Å². The van der Waals surface area contributed by atoms with E-state index in [2.05, 4.69) is 15.3 Å². The first kappa shape index (κ1) is 15.7. The van der Waals surface area contributed by atoms with Crippen LogP contribution in [0.15, 0.2) is 15.1 Å². The van der Waals surface area contributed by atoms with Crippen LogP contribution in [0.4, 0.5) is 0 Å². The number of hydrogen-bond acceptors (Lipinski definition) is 7. The van der Waals surface area contributed by atoms with Gasteiger partial charge in [-0.15, -0.1) is 0 Å². The Bertz CT molecular complexity index is 666. The molecule has 1 unspecified atom stereocenters. The molecule has 0 bridgehead atoms. The van der Waals surface area contributed by atoms with Gasteiger partial charge in [-0.1, -0.05) is 10.3 Å². The molecule has 2 aromatic rings. The molecule has 1 atom stereocenters. The number of amides is 1. The van der Waals surface area contributed by atoms with Gasteiger partial charge in [-0.3, -0.25) is 4.79 Å². The van der Waals surface area contributed by atoms with E-state index in [0.29, 0.717) is 49.3 Å². The highest BCUT2D eigenvalue weighted by Crippen LogP contribution is 2.16. The van der Waals surface area contributed by atoms with Gasteiger partial charge in [0, 0.05) is 32.5 Å². The summed E-state index contributed by atoms with van der Waals surface area (Å²) >= 11 is 0. The van der Waals surface area contributed by atoms with Crippen molar-refractivity contribution in [2.24, 2.45) is 0 Å². The van der Waals surface area contributed by atoms with E-state index in [-0.39, 0.29) is 12.0 Å². The predicted molar refractivity (Wildman–Crippen MR) is 78.9 cm³/mol. The molecule has 0 saturated carbocycles. The molecule has 3 heterocycles. The lowest BCUT2D eigenvalue weighted by molar-refractivity contribution is 0.00220. The summed E-state index contributed by atoms with van der Waals surface area (Å²) < 4.78 is 15.7. The van der Waals surface area contributed by atoms with Gasteiger partial charge < -0.3 is 18.7 Å². The summed E-state index contributed by atoms with van der Waals surface area (Å²) in [6.07, 6.45) is 2.47. The van der Waals surface area contributed by atoms with Gasteiger partial charge in [0.1, 0.15) is 5.76 Å². The lowest BCUT2D eigenvalue weighted by Crippen LogP contribution is -2.43. The van der Waals surface area contributed by atoms with Crippen LogP contribution in [-0.4, -0.2) is 51.9 Å². The third kappa shape index (κ3) is 3.95.